The third-order valence-corrected chi connectivity index (χ3v) is 2.23. The first-order chi connectivity index (χ1) is 6.33. The highest BCUT2D eigenvalue weighted by Crippen LogP contribution is 2.22. The van der Waals surface area contributed by atoms with E-state index in [1.807, 2.05) is 19.3 Å². The minimum Gasteiger partial charge on any atom is -0.373 e. The standard InChI is InChI=1S/C11H12N2/c1-8-7-13-11(12-2)10-6-4-3-5-9(8)10/h3-7H,1-2H3,(H,12,13). The van der Waals surface area contributed by atoms with Gasteiger partial charge < -0.3 is 5.32 Å². The molecule has 1 aromatic heterocycles. The number of hydrogen-bond acceptors (Lipinski definition) is 2. The maximum absolute atomic E-state index is 4.31. The average molecular weight is 172 g/mol. The lowest BCUT2D eigenvalue weighted by Crippen LogP contribution is -1.94. The molecule has 2 heteroatoms. The van der Waals surface area contributed by atoms with Crippen LogP contribution in [-0.2, 0) is 0 Å². The fourth-order valence-corrected chi connectivity index (χ4v) is 1.53. The molecular weight excluding hydrogens is 160 g/mol. The maximum Gasteiger partial charge on any atom is 0.133 e. The summed E-state index contributed by atoms with van der Waals surface area (Å²) in [6.07, 6.45) is 1.90. The van der Waals surface area contributed by atoms with Crippen LogP contribution in [0.1, 0.15) is 5.56 Å². The number of nitrogens with one attached hydrogen (secondary N) is 1. The van der Waals surface area contributed by atoms with Gasteiger partial charge in [0.25, 0.3) is 0 Å². The van der Waals surface area contributed by atoms with Crippen molar-refractivity contribution in [1.29, 1.82) is 0 Å². The number of nitrogens with zero attached hydrogens (tertiary/aromatic N) is 1. The molecule has 0 saturated heterocycles. The first-order valence-corrected chi connectivity index (χ1v) is 4.35. The van der Waals surface area contributed by atoms with Crippen LogP contribution in [-0.4, -0.2) is 12.0 Å². The molecule has 0 saturated carbocycles. The number of rotatable bonds is 1. The molecule has 13 heavy (non-hydrogen) atoms. The predicted octanol–water partition coefficient (Wildman–Crippen LogP) is 2.58. The SMILES string of the molecule is CNc1ncc(C)c2ccccc12. The van der Waals surface area contributed by atoms with Crippen molar-refractivity contribution in [1.82, 2.24) is 4.98 Å². The van der Waals surface area contributed by atoms with Gasteiger partial charge in [-0.05, 0) is 17.9 Å². The zero-order valence-electron chi connectivity index (χ0n) is 7.83. The molecule has 0 fully saturated rings. The molecule has 0 aliphatic heterocycles. The monoisotopic (exact) mass is 172 g/mol. The highest BCUT2D eigenvalue weighted by atomic mass is 14.9. The first kappa shape index (κ1) is 8.05. The third kappa shape index (κ3) is 1.24. The van der Waals surface area contributed by atoms with E-state index in [2.05, 4.69) is 35.4 Å². The molecule has 2 rings (SSSR count). The van der Waals surface area contributed by atoms with Gasteiger partial charge in [-0.2, -0.15) is 0 Å². The number of aromatic nitrogens is 1. The van der Waals surface area contributed by atoms with Crippen molar-refractivity contribution < 1.29 is 0 Å². The van der Waals surface area contributed by atoms with Crippen LogP contribution in [0.2, 0.25) is 0 Å². The van der Waals surface area contributed by atoms with Gasteiger partial charge in [0.1, 0.15) is 5.82 Å². The molecule has 1 aromatic carbocycles. The average Bonchev–Trinajstić information content (AvgIpc) is 2.19. The number of anilines is 1. The van der Waals surface area contributed by atoms with Gasteiger partial charge in [-0.25, -0.2) is 4.98 Å². The molecule has 0 bridgehead atoms. The van der Waals surface area contributed by atoms with Crippen LogP contribution in [0.3, 0.4) is 0 Å². The van der Waals surface area contributed by atoms with Gasteiger partial charge in [0, 0.05) is 18.6 Å². The van der Waals surface area contributed by atoms with Gasteiger partial charge in [-0.3, -0.25) is 0 Å². The Balaban J connectivity index is 2.84. The lowest BCUT2D eigenvalue weighted by Gasteiger charge is -2.06. The molecule has 0 unspecified atom stereocenters. The molecule has 0 spiro atoms. The van der Waals surface area contributed by atoms with Crippen molar-refractivity contribution in [3.8, 4) is 0 Å². The lowest BCUT2D eigenvalue weighted by molar-refractivity contribution is 1.28. The minimum atomic E-state index is 0.946. The van der Waals surface area contributed by atoms with Gasteiger partial charge in [0.2, 0.25) is 0 Å². The Labute approximate surface area is 77.6 Å². The summed E-state index contributed by atoms with van der Waals surface area (Å²) in [7, 11) is 1.89. The quantitative estimate of drug-likeness (QED) is 0.715. The van der Waals surface area contributed by atoms with Crippen LogP contribution in [0.5, 0.6) is 0 Å². The van der Waals surface area contributed by atoms with E-state index in [-0.39, 0.29) is 0 Å². The van der Waals surface area contributed by atoms with Gasteiger partial charge in [-0.15, -0.1) is 0 Å². The van der Waals surface area contributed by atoms with Crippen molar-refractivity contribution in [3.05, 3.63) is 36.0 Å². The van der Waals surface area contributed by atoms with Crippen LogP contribution < -0.4 is 5.32 Å². The summed E-state index contributed by atoms with van der Waals surface area (Å²) in [5.74, 6) is 0.946. The van der Waals surface area contributed by atoms with Crippen molar-refractivity contribution in [2.75, 3.05) is 12.4 Å². The molecule has 0 radical (unpaired) electrons. The summed E-state index contributed by atoms with van der Waals surface area (Å²) in [5, 5.41) is 5.54. The van der Waals surface area contributed by atoms with E-state index in [1.165, 1.54) is 16.3 Å². The molecule has 0 amide bonds. The van der Waals surface area contributed by atoms with Crippen LogP contribution in [0, 0.1) is 6.92 Å². The summed E-state index contributed by atoms with van der Waals surface area (Å²) in [6, 6.07) is 8.29. The number of pyridine rings is 1. The summed E-state index contributed by atoms with van der Waals surface area (Å²) < 4.78 is 0. The topological polar surface area (TPSA) is 24.9 Å². The van der Waals surface area contributed by atoms with Crippen LogP contribution in [0.25, 0.3) is 10.8 Å². The van der Waals surface area contributed by atoms with Crippen molar-refractivity contribution >= 4 is 16.6 Å². The third-order valence-electron chi connectivity index (χ3n) is 2.23. The van der Waals surface area contributed by atoms with E-state index in [9.17, 15) is 0 Å². The number of fused-ring (bicyclic) bond motifs is 1. The normalized spacial score (nSPS) is 10.3. The maximum atomic E-state index is 4.31. The van der Waals surface area contributed by atoms with E-state index in [1.54, 1.807) is 0 Å². The van der Waals surface area contributed by atoms with E-state index in [0.717, 1.165) is 5.82 Å². The Hall–Kier alpha value is -1.57. The highest BCUT2D eigenvalue weighted by molar-refractivity contribution is 5.93. The second-order valence-corrected chi connectivity index (χ2v) is 3.09. The van der Waals surface area contributed by atoms with Crippen LogP contribution in [0.4, 0.5) is 5.82 Å². The van der Waals surface area contributed by atoms with E-state index in [4.69, 9.17) is 0 Å². The number of aryl methyl sites for hydroxylation is 1. The Morgan fingerprint density at radius 1 is 1.15 bits per heavy atom. The molecule has 2 nitrogen and oxygen atoms in total. The zero-order valence-corrected chi connectivity index (χ0v) is 7.83. The second kappa shape index (κ2) is 3.05. The van der Waals surface area contributed by atoms with Crippen molar-refractivity contribution in [3.63, 3.8) is 0 Å². The van der Waals surface area contributed by atoms with Crippen LogP contribution >= 0.6 is 0 Å². The summed E-state index contributed by atoms with van der Waals surface area (Å²) in [5.41, 5.74) is 1.22. The summed E-state index contributed by atoms with van der Waals surface area (Å²) in [6.45, 7) is 2.08. The fraction of sp³-hybridized carbons (Fsp3) is 0.182. The number of hydrogen-bond donors (Lipinski definition) is 1. The van der Waals surface area contributed by atoms with Gasteiger partial charge in [0.15, 0.2) is 0 Å². The van der Waals surface area contributed by atoms with Crippen LogP contribution in [0.15, 0.2) is 30.5 Å². The molecular formula is C11H12N2. The molecule has 0 aliphatic carbocycles. The highest BCUT2D eigenvalue weighted by Gasteiger charge is 2.01. The van der Waals surface area contributed by atoms with Gasteiger partial charge in [0.05, 0.1) is 0 Å². The minimum absolute atomic E-state index is 0.946. The smallest absolute Gasteiger partial charge is 0.133 e. The summed E-state index contributed by atoms with van der Waals surface area (Å²) in [4.78, 5) is 4.31. The largest absolute Gasteiger partial charge is 0.373 e. The molecule has 1 heterocycles. The molecule has 0 aliphatic rings. The fourth-order valence-electron chi connectivity index (χ4n) is 1.53. The lowest BCUT2D eigenvalue weighted by atomic mass is 10.1. The Morgan fingerprint density at radius 3 is 2.54 bits per heavy atom. The van der Waals surface area contributed by atoms with Gasteiger partial charge >= 0.3 is 0 Å². The molecule has 1 N–H and O–H groups in total. The zero-order chi connectivity index (χ0) is 9.26. The van der Waals surface area contributed by atoms with E-state index >= 15 is 0 Å². The Morgan fingerprint density at radius 2 is 1.85 bits per heavy atom. The Bertz CT molecular complexity index is 435. The molecule has 66 valence electrons. The summed E-state index contributed by atoms with van der Waals surface area (Å²) >= 11 is 0. The molecule has 2 aromatic rings. The first-order valence-electron chi connectivity index (χ1n) is 4.35. The van der Waals surface area contributed by atoms with E-state index in [0.29, 0.717) is 0 Å². The predicted molar refractivity (Wildman–Crippen MR) is 56.0 cm³/mol. The Kier molecular flexibility index (Phi) is 1.89. The van der Waals surface area contributed by atoms with E-state index < -0.39 is 0 Å². The van der Waals surface area contributed by atoms with Gasteiger partial charge in [-0.1, -0.05) is 24.3 Å². The number of benzene rings is 1. The van der Waals surface area contributed by atoms with Crippen molar-refractivity contribution in [2.24, 2.45) is 0 Å². The van der Waals surface area contributed by atoms with Crippen molar-refractivity contribution in [2.45, 2.75) is 6.92 Å². The second-order valence-electron chi connectivity index (χ2n) is 3.09. The molecule has 0 atom stereocenters.